The summed E-state index contributed by atoms with van der Waals surface area (Å²) >= 11 is 1.83. The van der Waals surface area contributed by atoms with Crippen LogP contribution in [0.25, 0.3) is 0 Å². The van der Waals surface area contributed by atoms with Crippen LogP contribution in [0, 0.1) is 5.41 Å². The zero-order valence-electron chi connectivity index (χ0n) is 16.3. The van der Waals surface area contributed by atoms with Crippen LogP contribution in [0.3, 0.4) is 0 Å². The van der Waals surface area contributed by atoms with E-state index in [1.165, 1.54) is 56.4 Å². The zero-order valence-corrected chi connectivity index (χ0v) is 17.1. The molecule has 1 saturated heterocycles. The predicted molar refractivity (Wildman–Crippen MR) is 105 cm³/mol. The van der Waals surface area contributed by atoms with Crippen molar-refractivity contribution in [2.24, 2.45) is 5.41 Å². The highest BCUT2D eigenvalue weighted by molar-refractivity contribution is 7.10. The molecule has 6 heteroatoms. The Morgan fingerprint density at radius 1 is 1.12 bits per heavy atom. The largest absolute Gasteiger partial charge is 0.288 e. The summed E-state index contributed by atoms with van der Waals surface area (Å²) < 4.78 is 2.03. The molecule has 142 valence electrons. The maximum Gasteiger partial charge on any atom is 0.174 e. The Bertz CT molecular complexity index is 703. The van der Waals surface area contributed by atoms with Gasteiger partial charge in [0.15, 0.2) is 5.82 Å². The molecular weight excluding hydrogens is 342 g/mol. The van der Waals surface area contributed by atoms with Gasteiger partial charge < -0.3 is 0 Å². The van der Waals surface area contributed by atoms with E-state index in [9.17, 15) is 0 Å². The number of nitrogens with zero attached hydrogens (tertiary/aromatic N) is 5. The number of tetrazole rings is 1. The molecule has 5 nitrogen and oxygen atoms in total. The maximum absolute atomic E-state index is 4.51. The monoisotopic (exact) mass is 373 g/mol. The molecule has 1 aliphatic carbocycles. The molecule has 1 spiro atoms. The van der Waals surface area contributed by atoms with E-state index >= 15 is 0 Å². The topological polar surface area (TPSA) is 46.8 Å². The third kappa shape index (κ3) is 3.46. The Kier molecular flexibility index (Phi) is 4.90. The molecule has 2 aliphatic rings. The summed E-state index contributed by atoms with van der Waals surface area (Å²) in [5, 5.41) is 15.1. The lowest BCUT2D eigenvalue weighted by atomic mass is 9.69. The smallest absolute Gasteiger partial charge is 0.174 e. The van der Waals surface area contributed by atoms with Gasteiger partial charge in [0.05, 0.1) is 5.54 Å². The molecule has 0 bridgehead atoms. The molecule has 0 amide bonds. The van der Waals surface area contributed by atoms with Gasteiger partial charge >= 0.3 is 0 Å². The van der Waals surface area contributed by atoms with Gasteiger partial charge in [0.1, 0.15) is 6.04 Å². The number of piperidine rings is 1. The van der Waals surface area contributed by atoms with E-state index in [1.807, 2.05) is 16.0 Å². The van der Waals surface area contributed by atoms with Gasteiger partial charge in [-0.1, -0.05) is 25.3 Å². The number of aromatic nitrogens is 4. The summed E-state index contributed by atoms with van der Waals surface area (Å²) in [6.07, 6.45) is 9.69. The second-order valence-corrected chi connectivity index (χ2v) is 10.2. The average molecular weight is 374 g/mol. The van der Waals surface area contributed by atoms with Gasteiger partial charge in [0, 0.05) is 11.4 Å². The fourth-order valence-corrected chi connectivity index (χ4v) is 5.79. The van der Waals surface area contributed by atoms with E-state index in [2.05, 4.69) is 58.7 Å². The fraction of sp³-hybridized carbons (Fsp3) is 0.750. The van der Waals surface area contributed by atoms with Crippen LogP contribution in [0.1, 0.15) is 82.5 Å². The second kappa shape index (κ2) is 7.04. The first-order valence-corrected chi connectivity index (χ1v) is 10.9. The minimum atomic E-state index is -0.118. The summed E-state index contributed by atoms with van der Waals surface area (Å²) in [4.78, 5) is 4.03. The van der Waals surface area contributed by atoms with Crippen molar-refractivity contribution >= 4 is 11.3 Å². The fourth-order valence-electron chi connectivity index (χ4n) is 4.94. The third-order valence-corrected chi connectivity index (χ3v) is 7.08. The van der Waals surface area contributed by atoms with Crippen LogP contribution in [0.2, 0.25) is 0 Å². The standard InChI is InChI=1S/C20H31N5S/c1-19(2,3)25-18(21-22-23-25)17(16-9-7-14-26-16)24-13-8-12-20(15-24)10-5-4-6-11-20/h7,9,14,17H,4-6,8,10-13,15H2,1-3H3/t17-/m1/s1. The molecule has 0 aromatic carbocycles. The minimum Gasteiger partial charge on any atom is -0.288 e. The SMILES string of the molecule is CC(C)(C)n1nnnc1[C@@H](c1cccs1)N1CCCC2(CCCCC2)C1. The van der Waals surface area contributed by atoms with E-state index in [-0.39, 0.29) is 11.6 Å². The maximum atomic E-state index is 4.51. The molecule has 3 heterocycles. The van der Waals surface area contributed by atoms with Crippen LogP contribution in [-0.4, -0.2) is 38.2 Å². The highest BCUT2D eigenvalue weighted by atomic mass is 32.1. The molecule has 1 aliphatic heterocycles. The molecule has 0 unspecified atom stereocenters. The van der Waals surface area contributed by atoms with Crippen molar-refractivity contribution in [3.63, 3.8) is 0 Å². The van der Waals surface area contributed by atoms with Gasteiger partial charge in [-0.15, -0.1) is 16.4 Å². The Hall–Kier alpha value is -1.27. The summed E-state index contributed by atoms with van der Waals surface area (Å²) in [5.74, 6) is 0.993. The molecule has 1 atom stereocenters. The van der Waals surface area contributed by atoms with Gasteiger partial charge in [-0.3, -0.25) is 4.90 Å². The van der Waals surface area contributed by atoms with Crippen LogP contribution < -0.4 is 0 Å². The number of rotatable bonds is 3. The Balaban J connectivity index is 1.70. The molecule has 0 radical (unpaired) electrons. The molecule has 2 aromatic heterocycles. The van der Waals surface area contributed by atoms with E-state index < -0.39 is 0 Å². The second-order valence-electron chi connectivity index (χ2n) is 9.17. The number of thiophene rings is 1. The number of likely N-dealkylation sites (tertiary alicyclic amines) is 1. The molecule has 0 N–H and O–H groups in total. The van der Waals surface area contributed by atoms with E-state index in [0.29, 0.717) is 5.41 Å². The zero-order chi connectivity index (χ0) is 18.2. The molecule has 2 fully saturated rings. The Morgan fingerprint density at radius 3 is 2.58 bits per heavy atom. The summed E-state index contributed by atoms with van der Waals surface area (Å²) in [6, 6.07) is 4.57. The number of hydrogen-bond acceptors (Lipinski definition) is 5. The minimum absolute atomic E-state index is 0.118. The van der Waals surface area contributed by atoms with Crippen LogP contribution in [-0.2, 0) is 5.54 Å². The molecule has 4 rings (SSSR count). The number of hydrogen-bond donors (Lipinski definition) is 0. The van der Waals surface area contributed by atoms with E-state index in [4.69, 9.17) is 0 Å². The lowest BCUT2D eigenvalue weighted by Gasteiger charge is -2.47. The van der Waals surface area contributed by atoms with Crippen LogP contribution in [0.15, 0.2) is 17.5 Å². The van der Waals surface area contributed by atoms with Crippen molar-refractivity contribution in [2.45, 2.75) is 77.3 Å². The van der Waals surface area contributed by atoms with Crippen LogP contribution in [0.5, 0.6) is 0 Å². The highest BCUT2D eigenvalue weighted by Gasteiger charge is 2.41. The Morgan fingerprint density at radius 2 is 1.88 bits per heavy atom. The normalized spacial score (nSPS) is 22.6. The molecular formula is C20H31N5S. The summed E-state index contributed by atoms with van der Waals surface area (Å²) in [7, 11) is 0. The van der Waals surface area contributed by atoms with Gasteiger partial charge in [-0.2, -0.15) is 0 Å². The first-order valence-electron chi connectivity index (χ1n) is 10.0. The molecule has 26 heavy (non-hydrogen) atoms. The van der Waals surface area contributed by atoms with Crippen molar-refractivity contribution < 1.29 is 0 Å². The predicted octanol–water partition coefficient (Wildman–Crippen LogP) is 4.63. The van der Waals surface area contributed by atoms with Crippen molar-refractivity contribution in [1.29, 1.82) is 0 Å². The van der Waals surface area contributed by atoms with E-state index in [0.717, 1.165) is 12.4 Å². The van der Waals surface area contributed by atoms with Crippen molar-refractivity contribution in [2.75, 3.05) is 13.1 Å². The first-order chi connectivity index (χ1) is 12.5. The van der Waals surface area contributed by atoms with Gasteiger partial charge in [0.25, 0.3) is 0 Å². The quantitative estimate of drug-likeness (QED) is 0.787. The molecule has 2 aromatic rings. The van der Waals surface area contributed by atoms with Gasteiger partial charge in [-0.25, -0.2) is 4.68 Å². The van der Waals surface area contributed by atoms with Crippen molar-refractivity contribution in [3.8, 4) is 0 Å². The van der Waals surface area contributed by atoms with Gasteiger partial charge in [0.2, 0.25) is 0 Å². The Labute approximate surface area is 160 Å². The summed E-state index contributed by atoms with van der Waals surface area (Å²) in [5.41, 5.74) is 0.401. The molecule has 1 saturated carbocycles. The third-order valence-electron chi connectivity index (χ3n) is 6.16. The van der Waals surface area contributed by atoms with Crippen LogP contribution in [0.4, 0.5) is 0 Å². The first kappa shape index (κ1) is 18.1. The summed E-state index contributed by atoms with van der Waals surface area (Å²) in [6.45, 7) is 8.86. The van der Waals surface area contributed by atoms with E-state index in [1.54, 1.807) is 0 Å². The van der Waals surface area contributed by atoms with Gasteiger partial charge in [-0.05, 0) is 80.3 Å². The van der Waals surface area contributed by atoms with Crippen LogP contribution >= 0.6 is 11.3 Å². The van der Waals surface area contributed by atoms with Crippen molar-refractivity contribution in [3.05, 3.63) is 28.2 Å². The average Bonchev–Trinajstić information content (AvgIpc) is 3.28. The lowest BCUT2D eigenvalue weighted by Crippen LogP contribution is -2.46. The van der Waals surface area contributed by atoms with Crippen molar-refractivity contribution in [1.82, 2.24) is 25.1 Å². The lowest BCUT2D eigenvalue weighted by molar-refractivity contribution is 0.0339. The highest BCUT2D eigenvalue weighted by Crippen LogP contribution is 2.46.